The first-order valence-corrected chi connectivity index (χ1v) is 16.2. The van der Waals surface area contributed by atoms with Gasteiger partial charge in [-0.3, -0.25) is 14.5 Å². The Bertz CT molecular complexity index is 1810. The number of benzene rings is 4. The molecule has 5 atom stereocenters. The Morgan fingerprint density at radius 2 is 1.51 bits per heavy atom. The van der Waals surface area contributed by atoms with Crippen LogP contribution in [0.25, 0.3) is 0 Å². The lowest BCUT2D eigenvalue weighted by atomic mass is 9.56. The summed E-state index contributed by atoms with van der Waals surface area (Å²) in [4.78, 5) is 32.2. The molecular weight excluding hydrogens is 607 g/mol. The predicted octanol–water partition coefficient (Wildman–Crippen LogP) is 7.55. The standard InChI is InChI=1S/C37H32Cl2N2O4/c1-22-26(13-8-14-28(22)39)30-32-34(42)45-33(24-11-6-3-7-12-24)31(23-9-4-2-5-10-23)41(32)36(17-19-44-20-18-36)37(30)27-16-15-25(38)21-29(27)40-35(37)43/h2-16,21,30-33H,17-20H2,1H3,(H,40,43)/t30-,31+,32+,33-,37+/m0/s1. The van der Waals surface area contributed by atoms with Crippen molar-refractivity contribution in [2.24, 2.45) is 0 Å². The van der Waals surface area contributed by atoms with Crippen molar-refractivity contribution in [2.45, 2.75) is 54.8 Å². The average Bonchev–Trinajstić information content (AvgIpc) is 3.49. The zero-order chi connectivity index (χ0) is 30.9. The van der Waals surface area contributed by atoms with Gasteiger partial charge in [-0.1, -0.05) is 102 Å². The Morgan fingerprint density at radius 3 is 2.22 bits per heavy atom. The fourth-order valence-corrected chi connectivity index (χ4v) is 9.29. The lowest BCUT2D eigenvalue weighted by Gasteiger charge is -2.54. The number of hydrogen-bond donors (Lipinski definition) is 1. The molecule has 4 aliphatic rings. The van der Waals surface area contributed by atoms with E-state index in [-0.39, 0.29) is 17.9 Å². The van der Waals surface area contributed by atoms with Crippen LogP contribution in [-0.4, -0.2) is 41.6 Å². The number of halogens is 2. The van der Waals surface area contributed by atoms with Gasteiger partial charge < -0.3 is 14.8 Å². The van der Waals surface area contributed by atoms with Crippen LogP contribution in [0.1, 0.15) is 58.7 Å². The van der Waals surface area contributed by atoms with Gasteiger partial charge in [-0.05, 0) is 65.8 Å². The summed E-state index contributed by atoms with van der Waals surface area (Å²) in [5.74, 6) is -1.10. The van der Waals surface area contributed by atoms with E-state index in [1.54, 1.807) is 0 Å². The largest absolute Gasteiger partial charge is 0.454 e. The summed E-state index contributed by atoms with van der Waals surface area (Å²) in [5.41, 5.74) is 3.15. The van der Waals surface area contributed by atoms with E-state index in [9.17, 15) is 4.79 Å². The van der Waals surface area contributed by atoms with Crippen LogP contribution in [0.3, 0.4) is 0 Å². The van der Waals surface area contributed by atoms with Crippen LogP contribution in [0, 0.1) is 6.92 Å². The van der Waals surface area contributed by atoms with Crippen molar-refractivity contribution in [3.8, 4) is 0 Å². The molecule has 6 nitrogen and oxygen atoms in total. The maximum atomic E-state index is 15.1. The molecule has 0 aromatic heterocycles. The summed E-state index contributed by atoms with van der Waals surface area (Å²) in [6.45, 7) is 2.87. The molecule has 0 bridgehead atoms. The topological polar surface area (TPSA) is 67.9 Å². The third-order valence-electron chi connectivity index (χ3n) is 10.6. The molecular formula is C37H32Cl2N2O4. The predicted molar refractivity (Wildman–Crippen MR) is 174 cm³/mol. The maximum absolute atomic E-state index is 15.1. The summed E-state index contributed by atoms with van der Waals surface area (Å²) in [6.07, 6.45) is 0.503. The number of nitrogens with one attached hydrogen (secondary N) is 1. The summed E-state index contributed by atoms with van der Waals surface area (Å²) in [6, 6.07) is 30.4. The molecule has 1 N–H and O–H groups in total. The van der Waals surface area contributed by atoms with Gasteiger partial charge in [0.2, 0.25) is 5.91 Å². The number of ether oxygens (including phenoxy) is 2. The van der Waals surface area contributed by atoms with Crippen molar-refractivity contribution >= 4 is 40.8 Å². The van der Waals surface area contributed by atoms with Gasteiger partial charge in [0.15, 0.2) is 0 Å². The second-order valence-corrected chi connectivity index (χ2v) is 13.3. The van der Waals surface area contributed by atoms with E-state index in [4.69, 9.17) is 32.7 Å². The molecule has 4 aromatic carbocycles. The molecule has 8 heteroatoms. The third-order valence-corrected chi connectivity index (χ3v) is 11.3. The Kier molecular flexibility index (Phi) is 6.84. The van der Waals surface area contributed by atoms with Crippen LogP contribution >= 0.6 is 23.2 Å². The van der Waals surface area contributed by atoms with E-state index in [1.807, 2.05) is 91.9 Å². The molecule has 1 amide bonds. The summed E-state index contributed by atoms with van der Waals surface area (Å²) in [5, 5.41) is 4.34. The fourth-order valence-electron chi connectivity index (χ4n) is 8.93. The lowest BCUT2D eigenvalue weighted by molar-refractivity contribution is -0.185. The van der Waals surface area contributed by atoms with Crippen LogP contribution in [0.4, 0.5) is 5.69 Å². The highest BCUT2D eigenvalue weighted by atomic mass is 35.5. The number of amides is 1. The number of carbonyl (C=O) groups is 2. The number of morpholine rings is 1. The highest BCUT2D eigenvalue weighted by molar-refractivity contribution is 6.31. The van der Waals surface area contributed by atoms with Gasteiger partial charge in [0, 0.05) is 40.4 Å². The van der Waals surface area contributed by atoms with Gasteiger partial charge in [0.25, 0.3) is 0 Å². The summed E-state index contributed by atoms with van der Waals surface area (Å²) >= 11 is 13.3. The van der Waals surface area contributed by atoms with E-state index < -0.39 is 29.0 Å². The van der Waals surface area contributed by atoms with Crippen molar-refractivity contribution in [1.82, 2.24) is 4.90 Å². The van der Waals surface area contributed by atoms with Gasteiger partial charge in [-0.2, -0.15) is 0 Å². The molecule has 4 aromatic rings. The molecule has 4 heterocycles. The zero-order valence-electron chi connectivity index (χ0n) is 24.7. The Labute approximate surface area is 272 Å². The number of anilines is 1. The van der Waals surface area contributed by atoms with Crippen LogP contribution in [0.2, 0.25) is 10.0 Å². The number of hydrogen-bond acceptors (Lipinski definition) is 5. The third kappa shape index (κ3) is 3.96. The van der Waals surface area contributed by atoms with Crippen LogP contribution < -0.4 is 5.32 Å². The number of cyclic esters (lactones) is 1. The van der Waals surface area contributed by atoms with Crippen molar-refractivity contribution in [2.75, 3.05) is 18.5 Å². The minimum Gasteiger partial charge on any atom is -0.454 e. The molecule has 0 aliphatic carbocycles. The molecule has 4 aliphatic heterocycles. The minimum absolute atomic E-state index is 0.142. The van der Waals surface area contributed by atoms with E-state index in [0.717, 1.165) is 27.8 Å². The maximum Gasteiger partial charge on any atom is 0.324 e. The monoisotopic (exact) mass is 638 g/mol. The van der Waals surface area contributed by atoms with E-state index in [0.29, 0.717) is 41.8 Å². The number of carbonyl (C=O) groups excluding carboxylic acids is 2. The van der Waals surface area contributed by atoms with Crippen molar-refractivity contribution in [1.29, 1.82) is 0 Å². The van der Waals surface area contributed by atoms with Crippen molar-refractivity contribution < 1.29 is 19.1 Å². The minimum atomic E-state index is -1.17. The Hall–Kier alpha value is -3.68. The fraction of sp³-hybridized carbons (Fsp3) is 0.297. The van der Waals surface area contributed by atoms with E-state index >= 15 is 4.79 Å². The highest BCUT2D eigenvalue weighted by Gasteiger charge is 2.78. The van der Waals surface area contributed by atoms with Crippen molar-refractivity contribution in [3.63, 3.8) is 0 Å². The average molecular weight is 640 g/mol. The first-order chi connectivity index (χ1) is 21.9. The smallest absolute Gasteiger partial charge is 0.324 e. The molecule has 45 heavy (non-hydrogen) atoms. The van der Waals surface area contributed by atoms with Gasteiger partial charge in [-0.25, -0.2) is 0 Å². The summed E-state index contributed by atoms with van der Waals surface area (Å²) in [7, 11) is 0. The highest BCUT2D eigenvalue weighted by Crippen LogP contribution is 2.69. The van der Waals surface area contributed by atoms with Gasteiger partial charge >= 0.3 is 5.97 Å². The number of fused-ring (bicyclic) bond motifs is 5. The molecule has 0 saturated carbocycles. The van der Waals surface area contributed by atoms with Crippen LogP contribution in [0.15, 0.2) is 97.1 Å². The lowest BCUT2D eigenvalue weighted by Crippen LogP contribution is -2.65. The first-order valence-electron chi connectivity index (χ1n) is 15.4. The SMILES string of the molecule is Cc1c(Cl)cccc1[C@H]1[C@@H]2C(=O)O[C@@H](c3ccccc3)[C@@H](c3ccccc3)N2C2(CCOCC2)[C@@]12C(=O)Nc1cc(Cl)ccc12. The molecule has 228 valence electrons. The Morgan fingerprint density at radius 1 is 0.822 bits per heavy atom. The van der Waals surface area contributed by atoms with Gasteiger partial charge in [0.1, 0.15) is 17.6 Å². The molecule has 0 unspecified atom stereocenters. The normalized spacial score (nSPS) is 28.5. The van der Waals surface area contributed by atoms with Crippen LogP contribution in [0.5, 0.6) is 0 Å². The molecule has 0 radical (unpaired) electrons. The molecule has 3 saturated heterocycles. The summed E-state index contributed by atoms with van der Waals surface area (Å²) < 4.78 is 12.6. The molecule has 2 spiro atoms. The van der Waals surface area contributed by atoms with E-state index in [1.165, 1.54) is 0 Å². The molecule has 8 rings (SSSR count). The zero-order valence-corrected chi connectivity index (χ0v) is 26.2. The van der Waals surface area contributed by atoms with Crippen molar-refractivity contribution in [3.05, 3.63) is 135 Å². The first kappa shape index (κ1) is 28.8. The molecule has 3 fully saturated rings. The van der Waals surface area contributed by atoms with Gasteiger partial charge in [0.05, 0.1) is 6.04 Å². The second-order valence-electron chi connectivity index (χ2n) is 12.5. The number of esters is 1. The van der Waals surface area contributed by atoms with Gasteiger partial charge in [-0.15, -0.1) is 0 Å². The number of nitrogens with zero attached hydrogens (tertiary/aromatic N) is 1. The number of rotatable bonds is 3. The second kappa shape index (κ2) is 10.7. The van der Waals surface area contributed by atoms with E-state index in [2.05, 4.69) is 22.3 Å². The quantitative estimate of drug-likeness (QED) is 0.235. The van der Waals surface area contributed by atoms with Crippen LogP contribution in [-0.2, 0) is 24.5 Å². The Balaban J connectivity index is 1.49.